The van der Waals surface area contributed by atoms with Crippen molar-refractivity contribution in [3.8, 4) is 0 Å². The molecule has 3 rings (SSSR count). The third kappa shape index (κ3) is 3.62. The molecule has 3 N–H and O–H groups in total. The van der Waals surface area contributed by atoms with Crippen LogP contribution in [0.4, 0.5) is 10.5 Å². The molecule has 2 aromatic rings. The lowest BCUT2D eigenvalue weighted by Gasteiger charge is -2.35. The van der Waals surface area contributed by atoms with Gasteiger partial charge in [-0.05, 0) is 38.3 Å². The number of carbonyl (C=O) groups excluding carboxylic acids is 2. The molecule has 1 saturated heterocycles. The number of hydrogen-bond donors (Lipinski definition) is 2. The number of hydrogen-bond acceptors (Lipinski definition) is 4. The molecule has 0 bridgehead atoms. The topological polar surface area (TPSA) is 106 Å². The molecule has 0 aromatic carbocycles. The van der Waals surface area contributed by atoms with Crippen molar-refractivity contribution in [1.82, 2.24) is 19.4 Å². The summed E-state index contributed by atoms with van der Waals surface area (Å²) in [7, 11) is 0. The van der Waals surface area contributed by atoms with Gasteiger partial charge >= 0.3 is 6.03 Å². The Balaban J connectivity index is 1.75. The zero-order valence-corrected chi connectivity index (χ0v) is 14.2. The first-order chi connectivity index (χ1) is 12.1. The van der Waals surface area contributed by atoms with Crippen LogP contribution in [0.2, 0.25) is 0 Å². The molecule has 1 aliphatic heterocycles. The Bertz CT molecular complexity index is 755. The molecular weight excluding hydrogens is 320 g/mol. The minimum atomic E-state index is -0.597. The smallest absolute Gasteiger partial charge is 0.322 e. The van der Waals surface area contributed by atoms with Crippen molar-refractivity contribution in [2.45, 2.75) is 38.8 Å². The van der Waals surface area contributed by atoms with Gasteiger partial charge in [-0.3, -0.25) is 4.79 Å². The Labute approximate surface area is 146 Å². The Kier molecular flexibility index (Phi) is 4.97. The van der Waals surface area contributed by atoms with Gasteiger partial charge in [0.25, 0.3) is 5.91 Å². The molecule has 25 heavy (non-hydrogen) atoms. The fourth-order valence-corrected chi connectivity index (χ4v) is 3.14. The molecule has 0 unspecified atom stereocenters. The van der Waals surface area contributed by atoms with Gasteiger partial charge in [-0.15, -0.1) is 0 Å². The highest BCUT2D eigenvalue weighted by Crippen LogP contribution is 2.30. The quantitative estimate of drug-likeness (QED) is 0.888. The third-order valence-electron chi connectivity index (χ3n) is 4.42. The number of primary amides is 1. The van der Waals surface area contributed by atoms with Crippen LogP contribution in [0, 0.1) is 0 Å². The Morgan fingerprint density at radius 1 is 1.32 bits per heavy atom. The zero-order valence-electron chi connectivity index (χ0n) is 14.2. The third-order valence-corrected chi connectivity index (χ3v) is 4.42. The predicted molar refractivity (Wildman–Crippen MR) is 93.0 cm³/mol. The maximum atomic E-state index is 12.7. The Morgan fingerprint density at radius 2 is 2.16 bits per heavy atom. The number of nitrogens with zero attached hydrogens (tertiary/aromatic N) is 4. The first kappa shape index (κ1) is 16.9. The van der Waals surface area contributed by atoms with E-state index in [1.54, 1.807) is 12.3 Å². The van der Waals surface area contributed by atoms with Crippen LogP contribution in [-0.4, -0.2) is 37.9 Å². The normalized spacial score (nSPS) is 17.3. The van der Waals surface area contributed by atoms with E-state index in [-0.39, 0.29) is 17.8 Å². The number of anilines is 1. The SMILES string of the molecule is CCn1ccnc1[C@H]1CCCCN1C(=O)Nc1ccc(C(N)=O)nc1. The fourth-order valence-electron chi connectivity index (χ4n) is 3.14. The summed E-state index contributed by atoms with van der Waals surface area (Å²) in [5.41, 5.74) is 5.87. The van der Waals surface area contributed by atoms with E-state index in [1.165, 1.54) is 12.3 Å². The molecule has 2 aromatic heterocycles. The van der Waals surface area contributed by atoms with Gasteiger partial charge in [0, 0.05) is 25.5 Å². The van der Waals surface area contributed by atoms with E-state index in [0.717, 1.165) is 31.6 Å². The van der Waals surface area contributed by atoms with Crippen LogP contribution in [0.15, 0.2) is 30.7 Å². The number of nitrogens with two attached hydrogens (primary N) is 1. The van der Waals surface area contributed by atoms with Crippen LogP contribution >= 0.6 is 0 Å². The minimum absolute atomic E-state index is 0.0402. The Morgan fingerprint density at radius 3 is 2.84 bits per heavy atom. The zero-order chi connectivity index (χ0) is 17.8. The number of aryl methyl sites for hydroxylation is 1. The number of amides is 3. The predicted octanol–water partition coefficient (Wildman–Crippen LogP) is 2.16. The molecule has 8 nitrogen and oxygen atoms in total. The van der Waals surface area contributed by atoms with Crippen molar-refractivity contribution in [3.63, 3.8) is 0 Å². The molecule has 8 heteroatoms. The Hall–Kier alpha value is -2.90. The number of imidazole rings is 1. The van der Waals surface area contributed by atoms with Crippen molar-refractivity contribution in [2.75, 3.05) is 11.9 Å². The number of carbonyl (C=O) groups is 2. The highest BCUT2D eigenvalue weighted by atomic mass is 16.2. The van der Waals surface area contributed by atoms with Gasteiger partial charge in [0.1, 0.15) is 11.5 Å². The minimum Gasteiger partial charge on any atom is -0.364 e. The van der Waals surface area contributed by atoms with Gasteiger partial charge in [0.2, 0.25) is 0 Å². The van der Waals surface area contributed by atoms with E-state index in [4.69, 9.17) is 5.73 Å². The van der Waals surface area contributed by atoms with Crippen LogP contribution in [0.1, 0.15) is 48.5 Å². The second-order valence-electron chi connectivity index (χ2n) is 6.00. The van der Waals surface area contributed by atoms with Crippen molar-refractivity contribution in [2.24, 2.45) is 5.73 Å². The van der Waals surface area contributed by atoms with Gasteiger partial charge < -0.3 is 20.5 Å². The number of piperidine rings is 1. The molecule has 132 valence electrons. The number of nitrogens with one attached hydrogen (secondary N) is 1. The first-order valence-electron chi connectivity index (χ1n) is 8.44. The summed E-state index contributed by atoms with van der Waals surface area (Å²) >= 11 is 0. The first-order valence-corrected chi connectivity index (χ1v) is 8.44. The molecule has 1 atom stereocenters. The highest BCUT2D eigenvalue weighted by molar-refractivity contribution is 5.92. The van der Waals surface area contributed by atoms with Crippen molar-refractivity contribution >= 4 is 17.6 Å². The molecule has 3 heterocycles. The monoisotopic (exact) mass is 342 g/mol. The van der Waals surface area contributed by atoms with E-state index in [9.17, 15) is 9.59 Å². The van der Waals surface area contributed by atoms with Crippen molar-refractivity contribution in [1.29, 1.82) is 0 Å². The number of likely N-dealkylation sites (tertiary alicyclic amines) is 1. The summed E-state index contributed by atoms with van der Waals surface area (Å²) in [6.07, 6.45) is 8.07. The van der Waals surface area contributed by atoms with Crippen LogP contribution in [-0.2, 0) is 6.54 Å². The van der Waals surface area contributed by atoms with E-state index < -0.39 is 5.91 Å². The van der Waals surface area contributed by atoms with Crippen LogP contribution in [0.5, 0.6) is 0 Å². The lowest BCUT2D eigenvalue weighted by atomic mass is 10.0. The van der Waals surface area contributed by atoms with Crippen LogP contribution in [0.3, 0.4) is 0 Å². The number of pyridine rings is 1. The molecule has 3 amide bonds. The molecule has 0 spiro atoms. The number of rotatable bonds is 4. The van der Waals surface area contributed by atoms with Gasteiger partial charge in [0.05, 0.1) is 17.9 Å². The highest BCUT2D eigenvalue weighted by Gasteiger charge is 2.30. The second kappa shape index (κ2) is 7.33. The van der Waals surface area contributed by atoms with Crippen LogP contribution < -0.4 is 11.1 Å². The van der Waals surface area contributed by atoms with Gasteiger partial charge in [-0.1, -0.05) is 0 Å². The fraction of sp³-hybridized carbons (Fsp3) is 0.412. The lowest BCUT2D eigenvalue weighted by Crippen LogP contribution is -2.42. The summed E-state index contributed by atoms with van der Waals surface area (Å²) in [6, 6.07) is 2.89. The number of aromatic nitrogens is 3. The molecule has 0 saturated carbocycles. The van der Waals surface area contributed by atoms with E-state index in [0.29, 0.717) is 12.2 Å². The van der Waals surface area contributed by atoms with Crippen LogP contribution in [0.25, 0.3) is 0 Å². The van der Waals surface area contributed by atoms with E-state index in [2.05, 4.69) is 26.8 Å². The summed E-state index contributed by atoms with van der Waals surface area (Å²) in [5, 5.41) is 2.84. The average Bonchev–Trinajstić information content (AvgIpc) is 3.10. The summed E-state index contributed by atoms with van der Waals surface area (Å²) in [5.74, 6) is 0.319. The molecule has 1 fully saturated rings. The number of urea groups is 1. The second-order valence-corrected chi connectivity index (χ2v) is 6.00. The molecular formula is C17H22N6O2. The van der Waals surface area contributed by atoms with E-state index in [1.807, 2.05) is 11.1 Å². The maximum absolute atomic E-state index is 12.7. The summed E-state index contributed by atoms with van der Waals surface area (Å²) < 4.78 is 2.07. The van der Waals surface area contributed by atoms with Gasteiger partial charge in [-0.2, -0.15) is 0 Å². The largest absolute Gasteiger partial charge is 0.364 e. The van der Waals surface area contributed by atoms with Gasteiger partial charge in [-0.25, -0.2) is 14.8 Å². The summed E-state index contributed by atoms with van der Waals surface area (Å²) in [4.78, 5) is 34.0. The van der Waals surface area contributed by atoms with Crippen molar-refractivity contribution < 1.29 is 9.59 Å². The maximum Gasteiger partial charge on any atom is 0.322 e. The molecule has 1 aliphatic rings. The molecule has 0 radical (unpaired) electrons. The standard InChI is InChI=1S/C17H22N6O2/c1-2-22-10-8-19-16(22)14-5-3-4-9-23(14)17(25)21-12-6-7-13(15(18)24)20-11-12/h6-8,10-11,14H,2-5,9H2,1H3,(H2,18,24)(H,21,25)/t14-/m1/s1. The van der Waals surface area contributed by atoms with E-state index >= 15 is 0 Å². The van der Waals surface area contributed by atoms with Crippen molar-refractivity contribution in [3.05, 3.63) is 42.2 Å². The molecule has 0 aliphatic carbocycles. The van der Waals surface area contributed by atoms with Gasteiger partial charge in [0.15, 0.2) is 0 Å². The average molecular weight is 342 g/mol. The lowest BCUT2D eigenvalue weighted by molar-refractivity contribution is 0.0995. The summed E-state index contributed by atoms with van der Waals surface area (Å²) in [6.45, 7) is 3.56.